The van der Waals surface area contributed by atoms with Crippen molar-refractivity contribution in [3.05, 3.63) is 45.9 Å². The predicted molar refractivity (Wildman–Crippen MR) is 96.1 cm³/mol. The number of hydrogen-bond donors (Lipinski definition) is 2. The number of benzene rings is 1. The van der Waals surface area contributed by atoms with Crippen molar-refractivity contribution in [1.82, 2.24) is 15.6 Å². The number of guanidine groups is 1. The third-order valence-electron chi connectivity index (χ3n) is 3.10. The van der Waals surface area contributed by atoms with E-state index in [1.807, 2.05) is 37.4 Å². The molecule has 2 rings (SSSR count). The highest BCUT2D eigenvalue weighted by Crippen LogP contribution is 2.18. The largest absolute Gasteiger partial charge is 0.494 e. The van der Waals surface area contributed by atoms with Crippen molar-refractivity contribution >= 4 is 17.3 Å². The first-order chi connectivity index (χ1) is 11.2. The second-order valence-corrected chi connectivity index (χ2v) is 6.27. The smallest absolute Gasteiger partial charge is 0.191 e. The van der Waals surface area contributed by atoms with Crippen LogP contribution in [-0.4, -0.2) is 24.1 Å². The van der Waals surface area contributed by atoms with Crippen molar-refractivity contribution in [3.63, 3.8) is 0 Å². The molecule has 5 nitrogen and oxygen atoms in total. The minimum Gasteiger partial charge on any atom is -0.494 e. The zero-order valence-corrected chi connectivity index (χ0v) is 14.7. The van der Waals surface area contributed by atoms with Crippen LogP contribution in [0.1, 0.15) is 29.3 Å². The minimum atomic E-state index is 0.572. The number of nitrogens with one attached hydrogen (secondary N) is 2. The number of thiazole rings is 1. The summed E-state index contributed by atoms with van der Waals surface area (Å²) in [4.78, 5) is 10.2. The fourth-order valence-electron chi connectivity index (χ4n) is 2.08. The molecule has 0 bridgehead atoms. The maximum absolute atomic E-state index is 5.64. The molecule has 6 heteroatoms. The highest BCUT2D eigenvalue weighted by molar-refractivity contribution is 7.11. The highest BCUT2D eigenvalue weighted by atomic mass is 32.1. The van der Waals surface area contributed by atoms with Gasteiger partial charge in [-0.25, -0.2) is 9.98 Å². The van der Waals surface area contributed by atoms with Gasteiger partial charge in [-0.2, -0.15) is 0 Å². The fraction of sp³-hybridized carbons (Fsp3) is 0.412. The van der Waals surface area contributed by atoms with Gasteiger partial charge in [0.2, 0.25) is 0 Å². The SMILES string of the molecule is CCNC(=NCc1ccccc1OCC)NCc1ncc(C)s1. The summed E-state index contributed by atoms with van der Waals surface area (Å²) in [5, 5.41) is 7.63. The first kappa shape index (κ1) is 17.3. The van der Waals surface area contributed by atoms with E-state index in [9.17, 15) is 0 Å². The van der Waals surface area contributed by atoms with Gasteiger partial charge < -0.3 is 15.4 Å². The monoisotopic (exact) mass is 332 g/mol. The van der Waals surface area contributed by atoms with Crippen molar-refractivity contribution in [1.29, 1.82) is 0 Å². The summed E-state index contributed by atoms with van der Waals surface area (Å²) in [6.45, 7) is 8.82. The molecule has 0 saturated heterocycles. The third-order valence-corrected chi connectivity index (χ3v) is 4.01. The van der Waals surface area contributed by atoms with Crippen molar-refractivity contribution < 1.29 is 4.74 Å². The van der Waals surface area contributed by atoms with Crippen LogP contribution in [0.5, 0.6) is 5.75 Å². The lowest BCUT2D eigenvalue weighted by molar-refractivity contribution is 0.336. The molecule has 0 amide bonds. The summed E-state index contributed by atoms with van der Waals surface area (Å²) in [6, 6.07) is 8.01. The molecule has 0 spiro atoms. The minimum absolute atomic E-state index is 0.572. The lowest BCUT2D eigenvalue weighted by Gasteiger charge is -2.11. The molecule has 2 N–H and O–H groups in total. The molecular formula is C17H24N4OS. The number of para-hydroxylation sites is 1. The first-order valence-corrected chi connectivity index (χ1v) is 8.68. The normalized spacial score (nSPS) is 11.3. The van der Waals surface area contributed by atoms with E-state index in [1.165, 1.54) is 4.88 Å². The van der Waals surface area contributed by atoms with Gasteiger partial charge in [-0.3, -0.25) is 0 Å². The Morgan fingerprint density at radius 1 is 1.26 bits per heavy atom. The van der Waals surface area contributed by atoms with E-state index >= 15 is 0 Å². The second kappa shape index (κ2) is 9.15. The lowest BCUT2D eigenvalue weighted by atomic mass is 10.2. The average molecular weight is 332 g/mol. The molecule has 0 aliphatic heterocycles. The Morgan fingerprint density at radius 3 is 2.78 bits per heavy atom. The molecule has 0 aliphatic carbocycles. The van der Waals surface area contributed by atoms with Gasteiger partial charge in [-0.1, -0.05) is 18.2 Å². The Kier molecular flexibility index (Phi) is 6.87. The van der Waals surface area contributed by atoms with Crippen LogP contribution in [0.15, 0.2) is 35.5 Å². The molecule has 0 aliphatic rings. The first-order valence-electron chi connectivity index (χ1n) is 7.87. The van der Waals surface area contributed by atoms with Gasteiger partial charge in [0.25, 0.3) is 0 Å². The molecule has 1 heterocycles. The van der Waals surface area contributed by atoms with Crippen molar-refractivity contribution in [3.8, 4) is 5.75 Å². The van der Waals surface area contributed by atoms with Crippen LogP contribution in [0.25, 0.3) is 0 Å². The number of ether oxygens (including phenoxy) is 1. The molecule has 124 valence electrons. The van der Waals surface area contributed by atoms with Gasteiger partial charge in [-0.15, -0.1) is 11.3 Å². The Bertz CT molecular complexity index is 639. The average Bonchev–Trinajstić information content (AvgIpc) is 2.97. The number of aliphatic imine (C=N–C) groups is 1. The van der Waals surface area contributed by atoms with E-state index in [0.29, 0.717) is 19.7 Å². The van der Waals surface area contributed by atoms with Gasteiger partial charge in [0, 0.05) is 23.2 Å². The van der Waals surface area contributed by atoms with Gasteiger partial charge in [0.1, 0.15) is 10.8 Å². The topological polar surface area (TPSA) is 58.5 Å². The molecule has 1 aromatic heterocycles. The molecule has 0 unspecified atom stereocenters. The van der Waals surface area contributed by atoms with E-state index in [-0.39, 0.29) is 0 Å². The third kappa shape index (κ3) is 5.56. The lowest BCUT2D eigenvalue weighted by Crippen LogP contribution is -2.36. The fourth-order valence-corrected chi connectivity index (χ4v) is 2.81. The quantitative estimate of drug-likeness (QED) is 0.604. The molecule has 0 atom stereocenters. The summed E-state index contributed by atoms with van der Waals surface area (Å²) in [5.41, 5.74) is 1.08. The van der Waals surface area contributed by atoms with Crippen LogP contribution in [-0.2, 0) is 13.1 Å². The molecule has 0 radical (unpaired) electrons. The van der Waals surface area contributed by atoms with Crippen molar-refractivity contribution in [2.24, 2.45) is 4.99 Å². The van der Waals surface area contributed by atoms with Gasteiger partial charge in [-0.05, 0) is 26.8 Å². The van der Waals surface area contributed by atoms with Crippen LogP contribution in [0, 0.1) is 6.92 Å². The summed E-state index contributed by atoms with van der Waals surface area (Å²) >= 11 is 1.69. The van der Waals surface area contributed by atoms with E-state index in [2.05, 4.69) is 34.5 Å². The molecule has 0 saturated carbocycles. The number of nitrogens with zero attached hydrogens (tertiary/aromatic N) is 2. The summed E-state index contributed by atoms with van der Waals surface area (Å²) < 4.78 is 5.64. The Balaban J connectivity index is 2.00. The predicted octanol–water partition coefficient (Wildman–Crippen LogP) is 3.11. The van der Waals surface area contributed by atoms with Crippen LogP contribution >= 0.6 is 11.3 Å². The molecule has 0 fully saturated rings. The molecule has 23 heavy (non-hydrogen) atoms. The zero-order chi connectivity index (χ0) is 16.5. The molecule has 2 aromatic rings. The zero-order valence-electron chi connectivity index (χ0n) is 13.9. The van der Waals surface area contributed by atoms with Crippen LogP contribution in [0.4, 0.5) is 0 Å². The van der Waals surface area contributed by atoms with E-state index in [4.69, 9.17) is 4.74 Å². The van der Waals surface area contributed by atoms with Crippen molar-refractivity contribution in [2.75, 3.05) is 13.2 Å². The van der Waals surface area contributed by atoms with Gasteiger partial charge in [0.05, 0.1) is 19.7 Å². The van der Waals surface area contributed by atoms with E-state index in [1.54, 1.807) is 11.3 Å². The second-order valence-electron chi connectivity index (χ2n) is 4.95. The molecule has 1 aromatic carbocycles. The standard InChI is InChI=1S/C17H24N4OS/c1-4-18-17(21-12-16-19-10-13(3)23-16)20-11-14-8-6-7-9-15(14)22-5-2/h6-10H,4-5,11-12H2,1-3H3,(H2,18,20,21). The number of hydrogen-bond acceptors (Lipinski definition) is 4. The van der Waals surface area contributed by atoms with Gasteiger partial charge >= 0.3 is 0 Å². The summed E-state index contributed by atoms with van der Waals surface area (Å²) in [5.74, 6) is 1.68. The molecular weight excluding hydrogens is 308 g/mol. The summed E-state index contributed by atoms with van der Waals surface area (Å²) in [7, 11) is 0. The Morgan fingerprint density at radius 2 is 2.09 bits per heavy atom. The van der Waals surface area contributed by atoms with E-state index in [0.717, 1.165) is 28.8 Å². The maximum Gasteiger partial charge on any atom is 0.191 e. The Hall–Kier alpha value is -2.08. The Labute approximate surface area is 141 Å². The van der Waals surface area contributed by atoms with Crippen molar-refractivity contribution in [2.45, 2.75) is 33.9 Å². The van der Waals surface area contributed by atoms with Crippen LogP contribution in [0.3, 0.4) is 0 Å². The summed E-state index contributed by atoms with van der Waals surface area (Å²) in [6.07, 6.45) is 1.89. The highest BCUT2D eigenvalue weighted by Gasteiger charge is 2.04. The van der Waals surface area contributed by atoms with Crippen LogP contribution < -0.4 is 15.4 Å². The number of rotatable bonds is 7. The van der Waals surface area contributed by atoms with Gasteiger partial charge in [0.15, 0.2) is 5.96 Å². The number of aryl methyl sites for hydroxylation is 1. The van der Waals surface area contributed by atoms with E-state index < -0.39 is 0 Å². The number of aromatic nitrogens is 1. The van der Waals surface area contributed by atoms with Crippen LogP contribution in [0.2, 0.25) is 0 Å². The maximum atomic E-state index is 5.64.